The van der Waals surface area contributed by atoms with E-state index < -0.39 is 0 Å². The summed E-state index contributed by atoms with van der Waals surface area (Å²) < 4.78 is 6.17. The van der Waals surface area contributed by atoms with Crippen molar-refractivity contribution in [1.82, 2.24) is 9.80 Å². The summed E-state index contributed by atoms with van der Waals surface area (Å²) >= 11 is 0. The second kappa shape index (κ2) is 9.29. The summed E-state index contributed by atoms with van der Waals surface area (Å²) in [6.07, 6.45) is 10.6. The maximum absolute atomic E-state index is 6.17. The third-order valence-electron chi connectivity index (χ3n) is 4.88. The molecule has 1 unspecified atom stereocenters. The summed E-state index contributed by atoms with van der Waals surface area (Å²) in [7, 11) is 2.20. The molecule has 0 spiro atoms. The average Bonchev–Trinajstić information content (AvgIpc) is 3.06. The van der Waals surface area contributed by atoms with E-state index >= 15 is 0 Å². The van der Waals surface area contributed by atoms with E-state index in [4.69, 9.17) is 4.74 Å². The molecule has 0 radical (unpaired) electrons. The maximum atomic E-state index is 6.17. The number of hydrogen-bond acceptors (Lipinski definition) is 3. The number of allylic oxidation sites excluding steroid dienone is 2. The monoisotopic (exact) mass is 318 g/mol. The molecule has 2 saturated heterocycles. The smallest absolute Gasteiger partial charge is 0.0743 e. The largest absolute Gasteiger partial charge is 0.373 e. The second-order valence-corrected chi connectivity index (χ2v) is 6.89. The van der Waals surface area contributed by atoms with E-state index in [9.17, 15) is 0 Å². The molecule has 23 heavy (non-hydrogen) atoms. The molecular weight excluding hydrogens is 284 g/mol. The van der Waals surface area contributed by atoms with Crippen LogP contribution in [0.3, 0.4) is 0 Å². The van der Waals surface area contributed by atoms with Gasteiger partial charge < -0.3 is 14.5 Å². The SMILES string of the molecule is C=C1CC(CCN(C)CCC)OC/C1=C(\C=C/C)N1CCCC1. The fraction of sp³-hybridized carbons (Fsp3) is 0.700. The Kier molecular flexibility index (Phi) is 7.38. The minimum Gasteiger partial charge on any atom is -0.373 e. The Morgan fingerprint density at radius 3 is 2.70 bits per heavy atom. The summed E-state index contributed by atoms with van der Waals surface area (Å²) in [6.45, 7) is 14.0. The summed E-state index contributed by atoms with van der Waals surface area (Å²) in [5, 5.41) is 0. The Morgan fingerprint density at radius 2 is 2.09 bits per heavy atom. The van der Waals surface area contributed by atoms with Crippen molar-refractivity contribution in [3.63, 3.8) is 0 Å². The first-order chi connectivity index (χ1) is 11.2. The molecule has 2 rings (SSSR count). The summed E-state index contributed by atoms with van der Waals surface area (Å²) in [5.74, 6) is 0. The first kappa shape index (κ1) is 18.3. The molecular formula is C20H34N2O. The van der Waals surface area contributed by atoms with Crippen LogP contribution in [-0.2, 0) is 4.74 Å². The topological polar surface area (TPSA) is 15.7 Å². The Hall–Kier alpha value is -1.06. The molecule has 0 amide bonds. The van der Waals surface area contributed by atoms with E-state index in [1.807, 2.05) is 0 Å². The molecule has 0 aromatic rings. The van der Waals surface area contributed by atoms with Gasteiger partial charge in [-0.1, -0.05) is 19.6 Å². The van der Waals surface area contributed by atoms with Crippen LogP contribution in [-0.4, -0.2) is 55.7 Å². The number of likely N-dealkylation sites (tertiary alicyclic amines) is 1. The van der Waals surface area contributed by atoms with Crippen LogP contribution in [0.4, 0.5) is 0 Å². The lowest BCUT2D eigenvalue weighted by Crippen LogP contribution is -2.30. The molecule has 130 valence electrons. The zero-order valence-electron chi connectivity index (χ0n) is 15.3. The van der Waals surface area contributed by atoms with Crippen LogP contribution >= 0.6 is 0 Å². The molecule has 0 aliphatic carbocycles. The molecule has 2 fully saturated rings. The molecule has 0 aromatic carbocycles. The Bertz CT molecular complexity index is 447. The van der Waals surface area contributed by atoms with Gasteiger partial charge >= 0.3 is 0 Å². The van der Waals surface area contributed by atoms with Gasteiger partial charge in [0, 0.05) is 30.9 Å². The zero-order chi connectivity index (χ0) is 16.7. The first-order valence-corrected chi connectivity index (χ1v) is 9.24. The van der Waals surface area contributed by atoms with E-state index in [-0.39, 0.29) is 0 Å². The highest BCUT2D eigenvalue weighted by molar-refractivity contribution is 5.40. The standard InChI is InChI=1S/C20H34N2O/c1-5-9-20(22-12-7-8-13-22)19-16-23-18(15-17(19)3)10-14-21(4)11-6-2/h5,9,18H,3,6-8,10-16H2,1-2,4H3/b9-5-,20-19-. The van der Waals surface area contributed by atoms with Gasteiger partial charge in [-0.3, -0.25) is 0 Å². The van der Waals surface area contributed by atoms with Crippen LogP contribution in [0.1, 0.15) is 46.0 Å². The van der Waals surface area contributed by atoms with Crippen LogP contribution in [0, 0.1) is 0 Å². The number of nitrogens with zero attached hydrogens (tertiary/aromatic N) is 2. The van der Waals surface area contributed by atoms with Gasteiger partial charge in [0.25, 0.3) is 0 Å². The Morgan fingerprint density at radius 1 is 1.35 bits per heavy atom. The van der Waals surface area contributed by atoms with Crippen molar-refractivity contribution in [1.29, 1.82) is 0 Å². The maximum Gasteiger partial charge on any atom is 0.0743 e. The molecule has 3 nitrogen and oxygen atoms in total. The molecule has 2 aliphatic heterocycles. The molecule has 0 aromatic heterocycles. The first-order valence-electron chi connectivity index (χ1n) is 9.24. The predicted molar refractivity (Wildman–Crippen MR) is 98.5 cm³/mol. The fourth-order valence-corrected chi connectivity index (χ4v) is 3.57. The van der Waals surface area contributed by atoms with E-state index in [1.165, 1.54) is 55.7 Å². The van der Waals surface area contributed by atoms with Crippen molar-refractivity contribution < 1.29 is 4.74 Å². The van der Waals surface area contributed by atoms with Crippen molar-refractivity contribution in [2.24, 2.45) is 0 Å². The summed E-state index contributed by atoms with van der Waals surface area (Å²) in [6, 6.07) is 0. The molecule has 3 heteroatoms. The van der Waals surface area contributed by atoms with E-state index in [2.05, 4.69) is 49.4 Å². The van der Waals surface area contributed by atoms with E-state index in [0.29, 0.717) is 6.10 Å². The number of rotatable bonds is 7. The summed E-state index contributed by atoms with van der Waals surface area (Å²) in [5.41, 5.74) is 3.94. The van der Waals surface area contributed by atoms with Crippen LogP contribution in [0.15, 0.2) is 35.6 Å². The predicted octanol–water partition coefficient (Wildman–Crippen LogP) is 3.99. The number of ether oxygens (including phenoxy) is 1. The molecule has 1 atom stereocenters. The highest BCUT2D eigenvalue weighted by Gasteiger charge is 2.25. The lowest BCUT2D eigenvalue weighted by molar-refractivity contribution is 0.0439. The molecule has 2 aliphatic rings. The van der Waals surface area contributed by atoms with Crippen LogP contribution in [0.5, 0.6) is 0 Å². The summed E-state index contributed by atoms with van der Waals surface area (Å²) in [4.78, 5) is 4.90. The van der Waals surface area contributed by atoms with Gasteiger partial charge in [-0.25, -0.2) is 0 Å². The highest BCUT2D eigenvalue weighted by atomic mass is 16.5. The fourth-order valence-electron chi connectivity index (χ4n) is 3.57. The van der Waals surface area contributed by atoms with Crippen LogP contribution < -0.4 is 0 Å². The second-order valence-electron chi connectivity index (χ2n) is 6.89. The van der Waals surface area contributed by atoms with Crippen LogP contribution in [0.2, 0.25) is 0 Å². The minimum absolute atomic E-state index is 0.330. The third-order valence-corrected chi connectivity index (χ3v) is 4.88. The molecule has 2 heterocycles. The van der Waals surface area contributed by atoms with E-state index in [0.717, 1.165) is 26.0 Å². The van der Waals surface area contributed by atoms with Gasteiger partial charge in [0.1, 0.15) is 0 Å². The Balaban J connectivity index is 1.96. The van der Waals surface area contributed by atoms with Crippen LogP contribution in [0.25, 0.3) is 0 Å². The molecule has 0 N–H and O–H groups in total. The van der Waals surface area contributed by atoms with Crippen molar-refractivity contribution in [3.8, 4) is 0 Å². The van der Waals surface area contributed by atoms with Gasteiger partial charge in [-0.2, -0.15) is 0 Å². The zero-order valence-corrected chi connectivity index (χ0v) is 15.3. The van der Waals surface area contributed by atoms with Gasteiger partial charge in [0.2, 0.25) is 0 Å². The highest BCUT2D eigenvalue weighted by Crippen LogP contribution is 2.30. The lowest BCUT2D eigenvalue weighted by Gasteiger charge is -2.31. The minimum atomic E-state index is 0.330. The van der Waals surface area contributed by atoms with Crippen molar-refractivity contribution in [3.05, 3.63) is 35.6 Å². The van der Waals surface area contributed by atoms with Crippen molar-refractivity contribution in [2.75, 3.05) is 39.8 Å². The van der Waals surface area contributed by atoms with E-state index in [1.54, 1.807) is 0 Å². The van der Waals surface area contributed by atoms with Gasteiger partial charge in [-0.05, 0) is 64.3 Å². The molecule has 0 bridgehead atoms. The van der Waals surface area contributed by atoms with Gasteiger partial charge in [0.05, 0.1) is 12.7 Å². The quantitative estimate of drug-likeness (QED) is 0.706. The average molecular weight is 319 g/mol. The van der Waals surface area contributed by atoms with Crippen molar-refractivity contribution >= 4 is 0 Å². The van der Waals surface area contributed by atoms with Crippen molar-refractivity contribution in [2.45, 2.75) is 52.1 Å². The third kappa shape index (κ3) is 5.22. The van der Waals surface area contributed by atoms with Gasteiger partial charge in [-0.15, -0.1) is 0 Å². The molecule has 0 saturated carbocycles. The normalized spacial score (nSPS) is 25.0. The van der Waals surface area contributed by atoms with Gasteiger partial charge in [0.15, 0.2) is 0 Å². The Labute approximate surface area is 142 Å². The number of hydrogen-bond donors (Lipinski definition) is 0. The lowest BCUT2D eigenvalue weighted by atomic mass is 9.95.